The van der Waals surface area contributed by atoms with E-state index in [0.29, 0.717) is 5.57 Å². The Morgan fingerprint density at radius 2 is 1.72 bits per heavy atom. The van der Waals surface area contributed by atoms with Crippen LogP contribution < -0.4 is 11.1 Å². The summed E-state index contributed by atoms with van der Waals surface area (Å²) in [4.78, 5) is 50.2. The lowest BCUT2D eigenvalue weighted by molar-refractivity contribution is -0.120. The Hall–Kier alpha value is -3.34. The average Bonchev–Trinajstić information content (AvgIpc) is 2.86. The van der Waals surface area contributed by atoms with Gasteiger partial charge in [-0.25, -0.2) is 4.79 Å². The van der Waals surface area contributed by atoms with Crippen molar-refractivity contribution in [3.63, 3.8) is 0 Å². The number of primary amides is 1. The summed E-state index contributed by atoms with van der Waals surface area (Å²) in [6.45, 7) is 8.98. The Bertz CT molecular complexity index is 1120. The van der Waals surface area contributed by atoms with Gasteiger partial charge in [-0.3, -0.25) is 14.4 Å². The molecule has 0 aromatic rings. The number of allylic oxidation sites excluding steroid dienone is 6. The van der Waals surface area contributed by atoms with Crippen molar-refractivity contribution >= 4 is 23.6 Å². The highest BCUT2D eigenvalue weighted by atomic mass is 16.6. The van der Waals surface area contributed by atoms with Gasteiger partial charge in [-0.05, 0) is 49.7 Å². The fourth-order valence-electron chi connectivity index (χ4n) is 4.78. The molecule has 7 atom stereocenters. The van der Waals surface area contributed by atoms with Gasteiger partial charge in [0.15, 0.2) is 11.9 Å². The fraction of sp³-hybridized carbons (Fsp3) is 0.517. The molecule has 0 radical (unpaired) electrons. The summed E-state index contributed by atoms with van der Waals surface area (Å²) in [5.41, 5.74) is 6.21. The molecule has 1 aliphatic carbocycles. The molecule has 0 fully saturated rings. The number of hydrogen-bond acceptors (Lipinski definition) is 8. The molecule has 2 rings (SSSR count). The van der Waals surface area contributed by atoms with Crippen LogP contribution in [0.5, 0.6) is 0 Å². The number of fused-ring (bicyclic) bond motifs is 2. The molecule has 2 amide bonds. The van der Waals surface area contributed by atoms with E-state index in [1.54, 1.807) is 26.0 Å². The molecule has 1 aliphatic heterocycles. The number of Topliss-reactive ketones (excluding diaryl/α,β-unsaturated/α-hetero) is 1. The smallest absolute Gasteiger partial charge is 0.405 e. The molecule has 0 saturated carbocycles. The quantitative estimate of drug-likeness (QED) is 0.362. The van der Waals surface area contributed by atoms with Crippen molar-refractivity contribution < 1.29 is 38.5 Å². The summed E-state index contributed by atoms with van der Waals surface area (Å²) in [5, 5.41) is 13.6. The second kappa shape index (κ2) is 14.2. The minimum absolute atomic E-state index is 0.116. The first-order valence-electron chi connectivity index (χ1n) is 12.9. The fourth-order valence-corrected chi connectivity index (χ4v) is 4.78. The first-order chi connectivity index (χ1) is 18.3. The van der Waals surface area contributed by atoms with Crippen molar-refractivity contribution in [2.45, 2.75) is 65.5 Å². The van der Waals surface area contributed by atoms with Crippen LogP contribution in [-0.4, -0.2) is 67.3 Å². The third-order valence-corrected chi connectivity index (χ3v) is 7.26. The van der Waals surface area contributed by atoms with Crippen LogP contribution in [0, 0.1) is 17.8 Å². The molecule has 0 aromatic heterocycles. The first kappa shape index (κ1) is 31.9. The number of ketones is 2. The lowest BCUT2D eigenvalue weighted by Gasteiger charge is -2.31. The lowest BCUT2D eigenvalue weighted by Crippen LogP contribution is -2.38. The molecule has 0 saturated heterocycles. The van der Waals surface area contributed by atoms with Gasteiger partial charge >= 0.3 is 6.09 Å². The zero-order chi connectivity index (χ0) is 29.4. The van der Waals surface area contributed by atoms with Crippen molar-refractivity contribution in [3.8, 4) is 0 Å². The lowest BCUT2D eigenvalue weighted by atomic mass is 9.81. The number of rotatable bonds is 3. The van der Waals surface area contributed by atoms with Crippen LogP contribution in [0.3, 0.4) is 0 Å². The third kappa shape index (κ3) is 8.32. The minimum Gasteiger partial charge on any atom is -0.439 e. The molecular formula is C29H40N2O8. The van der Waals surface area contributed by atoms with Gasteiger partial charge in [-0.2, -0.15) is 0 Å². The van der Waals surface area contributed by atoms with Gasteiger partial charge in [0.25, 0.3) is 5.91 Å². The normalized spacial score (nSPS) is 35.0. The monoisotopic (exact) mass is 544 g/mol. The molecule has 0 spiro atoms. The predicted octanol–water partition coefficient (Wildman–Crippen LogP) is 2.68. The number of nitrogens with two attached hydrogens (primary N) is 1. The highest BCUT2D eigenvalue weighted by molar-refractivity contribution is 6.22. The van der Waals surface area contributed by atoms with Gasteiger partial charge in [0.2, 0.25) is 5.78 Å². The first-order valence-corrected chi connectivity index (χ1v) is 12.9. The molecular weight excluding hydrogens is 504 g/mol. The van der Waals surface area contributed by atoms with Crippen LogP contribution in [0.15, 0.2) is 58.9 Å². The number of carbonyl (C=O) groups is 4. The Kier molecular flexibility index (Phi) is 11.6. The third-order valence-electron chi connectivity index (χ3n) is 7.26. The molecule has 4 N–H and O–H groups in total. The van der Waals surface area contributed by atoms with E-state index >= 15 is 0 Å². The van der Waals surface area contributed by atoms with E-state index in [1.165, 1.54) is 26.4 Å². The van der Waals surface area contributed by atoms with Gasteiger partial charge < -0.3 is 30.4 Å². The highest BCUT2D eigenvalue weighted by Gasteiger charge is 2.34. The van der Waals surface area contributed by atoms with Crippen molar-refractivity contribution in [3.05, 3.63) is 58.9 Å². The standard InChI is InChI=1S/C29H40N2O8/c1-15-9-8-10-24(37-6)27(39-29(30)36)17(3)11-16(2)19(5)23(33)12-18(4)26(38-7)21-13-20(32)14-22(25(21)34)31-28(15)35/h8-11,13-14,16,18-19,23-24,26-27,33H,12H2,1-7H3,(H2,30,36)(H,31,35)/b10-8-,15-9+,17-11+/t16-,18-,19+,23-,24-,26+,27-/m0/s1. The van der Waals surface area contributed by atoms with E-state index in [2.05, 4.69) is 5.32 Å². The molecule has 2 aliphatic rings. The number of ether oxygens (including phenoxy) is 3. The Balaban J connectivity index is 2.58. The van der Waals surface area contributed by atoms with Gasteiger partial charge in [0, 0.05) is 31.4 Å². The molecule has 39 heavy (non-hydrogen) atoms. The number of aliphatic hydroxyl groups excluding tert-OH is 1. The number of hydrogen-bond donors (Lipinski definition) is 3. The largest absolute Gasteiger partial charge is 0.439 e. The Morgan fingerprint density at radius 1 is 1.05 bits per heavy atom. The molecule has 10 heteroatoms. The van der Waals surface area contributed by atoms with Crippen LogP contribution >= 0.6 is 0 Å². The van der Waals surface area contributed by atoms with E-state index in [-0.39, 0.29) is 41.0 Å². The number of methoxy groups -OCH3 is 2. The zero-order valence-corrected chi connectivity index (χ0v) is 23.6. The molecule has 10 nitrogen and oxygen atoms in total. The Labute approximate surface area is 229 Å². The summed E-state index contributed by atoms with van der Waals surface area (Å²) < 4.78 is 16.5. The second-order valence-corrected chi connectivity index (χ2v) is 10.2. The molecule has 0 aromatic carbocycles. The number of aliphatic hydroxyl groups is 1. The number of amides is 2. The summed E-state index contributed by atoms with van der Waals surface area (Å²) in [7, 11) is 2.88. The van der Waals surface area contributed by atoms with Crippen molar-refractivity contribution in [1.29, 1.82) is 0 Å². The Morgan fingerprint density at radius 3 is 2.31 bits per heavy atom. The molecule has 2 bridgehead atoms. The maximum Gasteiger partial charge on any atom is 0.405 e. The van der Waals surface area contributed by atoms with Gasteiger partial charge in [-0.1, -0.05) is 45.1 Å². The van der Waals surface area contributed by atoms with Crippen LogP contribution in [0.2, 0.25) is 0 Å². The van der Waals surface area contributed by atoms with E-state index in [1.807, 2.05) is 26.8 Å². The number of carbonyl (C=O) groups excluding carboxylic acids is 4. The minimum atomic E-state index is -0.972. The molecule has 0 unspecified atom stereocenters. The van der Waals surface area contributed by atoms with Gasteiger partial charge in [0.1, 0.15) is 6.10 Å². The molecule has 214 valence electrons. The van der Waals surface area contributed by atoms with Crippen molar-refractivity contribution in [2.75, 3.05) is 14.2 Å². The van der Waals surface area contributed by atoms with Gasteiger partial charge in [-0.15, -0.1) is 0 Å². The summed E-state index contributed by atoms with van der Waals surface area (Å²) in [5.74, 6) is -2.28. The van der Waals surface area contributed by atoms with Crippen LogP contribution in [-0.2, 0) is 28.6 Å². The maximum atomic E-state index is 13.3. The van der Waals surface area contributed by atoms with Crippen molar-refractivity contribution in [2.24, 2.45) is 23.5 Å². The average molecular weight is 545 g/mol. The molecule has 1 heterocycles. The SMILES string of the molecule is CO[C@H]1/C=C\C=C(/C)C(=O)NC2=CC(=O)C=C(C2=O)[C@H](OC)[C@@H](C)C[C@H](O)[C@H](C)[C@@H](C)/C=C(\C)[C@@H]1OC(N)=O. The van der Waals surface area contributed by atoms with Crippen LogP contribution in [0.4, 0.5) is 4.79 Å². The topological polar surface area (TPSA) is 154 Å². The van der Waals surface area contributed by atoms with E-state index < -0.39 is 48.0 Å². The van der Waals surface area contributed by atoms with E-state index in [9.17, 15) is 24.3 Å². The summed E-state index contributed by atoms with van der Waals surface area (Å²) in [6.07, 6.45) is 5.01. The van der Waals surface area contributed by atoms with E-state index in [0.717, 1.165) is 6.08 Å². The second-order valence-electron chi connectivity index (χ2n) is 10.2. The van der Waals surface area contributed by atoms with E-state index in [4.69, 9.17) is 19.9 Å². The number of nitrogens with one attached hydrogen (secondary N) is 1. The highest BCUT2D eigenvalue weighted by Crippen LogP contribution is 2.30. The van der Waals surface area contributed by atoms with Crippen LogP contribution in [0.1, 0.15) is 41.0 Å². The van der Waals surface area contributed by atoms with Crippen molar-refractivity contribution in [1.82, 2.24) is 5.32 Å². The summed E-state index contributed by atoms with van der Waals surface area (Å²) >= 11 is 0. The zero-order valence-electron chi connectivity index (χ0n) is 23.6. The maximum absolute atomic E-state index is 13.3. The van der Waals surface area contributed by atoms with Crippen LogP contribution in [0.25, 0.3) is 0 Å². The summed E-state index contributed by atoms with van der Waals surface area (Å²) in [6, 6.07) is 0. The predicted molar refractivity (Wildman–Crippen MR) is 145 cm³/mol. The van der Waals surface area contributed by atoms with Gasteiger partial charge in [0.05, 0.1) is 17.9 Å².